The maximum Gasteiger partial charge on any atom is 0.338 e. The standard InChI is InChI=1S/C15H19N3O3/c1-5-11(3)18(12(4)19)17-15(20)16-13-7-9-14(10-8-13)21-6-2/h5-11H,1-2H2,3-4H3,(H2,16,17,20). The summed E-state index contributed by atoms with van der Waals surface area (Å²) in [5.41, 5.74) is 3.04. The van der Waals surface area contributed by atoms with Gasteiger partial charge in [0.05, 0.1) is 12.3 Å². The van der Waals surface area contributed by atoms with Crippen molar-refractivity contribution in [1.29, 1.82) is 0 Å². The first-order valence-electron chi connectivity index (χ1n) is 6.35. The number of carbonyl (C=O) groups excluding carboxylic acids is 2. The average molecular weight is 289 g/mol. The lowest BCUT2D eigenvalue weighted by molar-refractivity contribution is -0.132. The number of benzene rings is 1. The average Bonchev–Trinajstić information content (AvgIpc) is 2.46. The molecule has 112 valence electrons. The first-order chi connectivity index (χ1) is 9.97. The normalized spacial score (nSPS) is 11.0. The van der Waals surface area contributed by atoms with Gasteiger partial charge in [-0.05, 0) is 31.2 Å². The number of hydrogen-bond acceptors (Lipinski definition) is 3. The van der Waals surface area contributed by atoms with Gasteiger partial charge >= 0.3 is 6.03 Å². The second kappa shape index (κ2) is 7.74. The molecule has 1 unspecified atom stereocenters. The lowest BCUT2D eigenvalue weighted by atomic mass is 10.3. The van der Waals surface area contributed by atoms with Crippen molar-refractivity contribution in [3.8, 4) is 5.75 Å². The molecule has 0 saturated heterocycles. The lowest BCUT2D eigenvalue weighted by Crippen LogP contribution is -2.50. The summed E-state index contributed by atoms with van der Waals surface area (Å²) in [6.45, 7) is 10.2. The molecule has 0 saturated carbocycles. The molecule has 6 nitrogen and oxygen atoms in total. The zero-order valence-corrected chi connectivity index (χ0v) is 12.1. The number of rotatable bonds is 5. The van der Waals surface area contributed by atoms with E-state index in [2.05, 4.69) is 23.9 Å². The van der Waals surface area contributed by atoms with Crippen molar-refractivity contribution in [2.24, 2.45) is 0 Å². The summed E-state index contributed by atoms with van der Waals surface area (Å²) in [7, 11) is 0. The Morgan fingerprint density at radius 3 is 2.38 bits per heavy atom. The number of carbonyl (C=O) groups is 2. The highest BCUT2D eigenvalue weighted by Gasteiger charge is 2.16. The summed E-state index contributed by atoms with van der Waals surface area (Å²) in [5.74, 6) is 0.328. The molecule has 0 radical (unpaired) electrons. The van der Waals surface area contributed by atoms with Crippen LogP contribution in [-0.2, 0) is 4.79 Å². The molecular formula is C15H19N3O3. The maximum absolute atomic E-state index is 11.9. The highest BCUT2D eigenvalue weighted by Crippen LogP contribution is 2.15. The van der Waals surface area contributed by atoms with Crippen LogP contribution in [0.25, 0.3) is 0 Å². The van der Waals surface area contributed by atoms with E-state index in [0.717, 1.165) is 0 Å². The van der Waals surface area contributed by atoms with Crippen molar-refractivity contribution in [2.45, 2.75) is 19.9 Å². The van der Waals surface area contributed by atoms with Crippen LogP contribution in [0, 0.1) is 0 Å². The fraction of sp³-hybridized carbons (Fsp3) is 0.200. The van der Waals surface area contributed by atoms with E-state index in [9.17, 15) is 9.59 Å². The molecule has 1 rings (SSSR count). The van der Waals surface area contributed by atoms with Gasteiger partial charge in [-0.2, -0.15) is 0 Å². The molecule has 1 atom stereocenters. The van der Waals surface area contributed by atoms with Crippen molar-refractivity contribution in [2.75, 3.05) is 5.32 Å². The molecule has 0 spiro atoms. The van der Waals surface area contributed by atoms with Gasteiger partial charge in [-0.25, -0.2) is 15.2 Å². The van der Waals surface area contributed by atoms with Gasteiger partial charge in [-0.15, -0.1) is 6.58 Å². The molecule has 1 aromatic rings. The fourth-order valence-corrected chi connectivity index (χ4v) is 1.55. The molecule has 0 fully saturated rings. The van der Waals surface area contributed by atoms with Gasteiger partial charge in [0.1, 0.15) is 5.75 Å². The van der Waals surface area contributed by atoms with Gasteiger partial charge in [-0.3, -0.25) is 4.79 Å². The summed E-state index contributed by atoms with van der Waals surface area (Å²) in [4.78, 5) is 23.3. The number of ether oxygens (including phenoxy) is 1. The monoisotopic (exact) mass is 289 g/mol. The van der Waals surface area contributed by atoms with Crippen LogP contribution in [0.15, 0.2) is 49.8 Å². The predicted octanol–water partition coefficient (Wildman–Crippen LogP) is 2.67. The molecule has 1 aromatic carbocycles. The van der Waals surface area contributed by atoms with Gasteiger partial charge in [0.2, 0.25) is 5.91 Å². The Morgan fingerprint density at radius 2 is 1.90 bits per heavy atom. The molecular weight excluding hydrogens is 270 g/mol. The van der Waals surface area contributed by atoms with Gasteiger partial charge in [0.25, 0.3) is 0 Å². The van der Waals surface area contributed by atoms with E-state index < -0.39 is 6.03 Å². The van der Waals surface area contributed by atoms with E-state index >= 15 is 0 Å². The van der Waals surface area contributed by atoms with Crippen LogP contribution >= 0.6 is 0 Å². The van der Waals surface area contributed by atoms with Crippen molar-refractivity contribution in [3.63, 3.8) is 0 Å². The Labute approximate surface area is 124 Å². The number of nitrogens with zero attached hydrogens (tertiary/aromatic N) is 1. The fourth-order valence-electron chi connectivity index (χ4n) is 1.55. The van der Waals surface area contributed by atoms with E-state index in [4.69, 9.17) is 4.74 Å². The van der Waals surface area contributed by atoms with Crippen LogP contribution in [0.4, 0.5) is 10.5 Å². The van der Waals surface area contributed by atoms with Gasteiger partial charge in [0.15, 0.2) is 0 Å². The van der Waals surface area contributed by atoms with Crippen LogP contribution in [0.2, 0.25) is 0 Å². The van der Waals surface area contributed by atoms with Crippen molar-refractivity contribution < 1.29 is 14.3 Å². The summed E-state index contributed by atoms with van der Waals surface area (Å²) in [6.07, 6.45) is 2.87. The smallest absolute Gasteiger partial charge is 0.338 e. The Balaban J connectivity index is 2.65. The minimum atomic E-state index is -0.517. The van der Waals surface area contributed by atoms with Crippen LogP contribution in [0.5, 0.6) is 5.75 Å². The van der Waals surface area contributed by atoms with E-state index in [1.807, 2.05) is 0 Å². The number of hydrogen-bond donors (Lipinski definition) is 2. The minimum absolute atomic E-state index is 0.285. The molecule has 2 N–H and O–H groups in total. The SMILES string of the molecule is C=COc1ccc(NC(=O)NN(C(C)=O)C(C)C=C)cc1. The second-order valence-electron chi connectivity index (χ2n) is 4.24. The molecule has 0 aromatic heterocycles. The largest absolute Gasteiger partial charge is 0.466 e. The Kier molecular flexibility index (Phi) is 6.00. The van der Waals surface area contributed by atoms with Crippen molar-refractivity contribution >= 4 is 17.6 Å². The van der Waals surface area contributed by atoms with Crippen LogP contribution < -0.4 is 15.5 Å². The van der Waals surface area contributed by atoms with Gasteiger partial charge in [0, 0.05) is 12.6 Å². The van der Waals surface area contributed by atoms with Crippen LogP contribution in [-0.4, -0.2) is 23.0 Å². The predicted molar refractivity (Wildman–Crippen MR) is 81.6 cm³/mol. The van der Waals surface area contributed by atoms with E-state index in [1.54, 1.807) is 37.3 Å². The number of hydrazine groups is 1. The van der Waals surface area contributed by atoms with Gasteiger partial charge < -0.3 is 10.1 Å². The van der Waals surface area contributed by atoms with Crippen LogP contribution in [0.1, 0.15) is 13.8 Å². The first kappa shape index (κ1) is 16.3. The minimum Gasteiger partial charge on any atom is -0.466 e. The molecule has 6 heteroatoms. The van der Waals surface area contributed by atoms with E-state index in [0.29, 0.717) is 11.4 Å². The summed E-state index contributed by atoms with van der Waals surface area (Å²) in [5, 5.41) is 3.81. The third-order valence-corrected chi connectivity index (χ3v) is 2.64. The lowest BCUT2D eigenvalue weighted by Gasteiger charge is -2.26. The third-order valence-electron chi connectivity index (χ3n) is 2.64. The molecule has 0 aliphatic heterocycles. The quantitative estimate of drug-likeness (QED) is 0.497. The molecule has 0 bridgehead atoms. The number of anilines is 1. The van der Waals surface area contributed by atoms with Gasteiger partial charge in [-0.1, -0.05) is 12.7 Å². The third kappa shape index (κ3) is 5.02. The van der Waals surface area contributed by atoms with Crippen molar-refractivity contribution in [1.82, 2.24) is 10.4 Å². The summed E-state index contributed by atoms with van der Waals surface area (Å²) >= 11 is 0. The Morgan fingerprint density at radius 1 is 1.29 bits per heavy atom. The van der Waals surface area contributed by atoms with E-state index in [-0.39, 0.29) is 11.9 Å². The number of urea groups is 1. The highest BCUT2D eigenvalue weighted by molar-refractivity contribution is 5.90. The zero-order valence-electron chi connectivity index (χ0n) is 12.1. The topological polar surface area (TPSA) is 70.7 Å². The summed E-state index contributed by atoms with van der Waals surface area (Å²) < 4.78 is 5.08. The molecule has 0 aliphatic rings. The van der Waals surface area contributed by atoms with Crippen molar-refractivity contribution in [3.05, 3.63) is 49.8 Å². The second-order valence-corrected chi connectivity index (χ2v) is 4.24. The van der Waals surface area contributed by atoms with E-state index in [1.165, 1.54) is 18.2 Å². The zero-order chi connectivity index (χ0) is 15.8. The number of nitrogens with one attached hydrogen (secondary N) is 2. The maximum atomic E-state index is 11.9. The number of amides is 3. The molecule has 3 amide bonds. The molecule has 0 aliphatic carbocycles. The Bertz CT molecular complexity index is 525. The summed E-state index contributed by atoms with van der Waals surface area (Å²) in [6, 6.07) is 5.90. The highest BCUT2D eigenvalue weighted by atomic mass is 16.5. The molecule has 21 heavy (non-hydrogen) atoms. The molecule has 0 heterocycles. The first-order valence-corrected chi connectivity index (χ1v) is 6.35. The Hall–Kier alpha value is -2.76. The van der Waals surface area contributed by atoms with Crippen LogP contribution in [0.3, 0.4) is 0 Å².